The molecule has 1 aromatic heterocycles. The number of amides is 1. The predicted molar refractivity (Wildman–Crippen MR) is 67.1 cm³/mol. The second kappa shape index (κ2) is 4.47. The van der Waals surface area contributed by atoms with E-state index in [-0.39, 0.29) is 24.5 Å². The lowest BCUT2D eigenvalue weighted by molar-refractivity contribution is -0.117. The maximum absolute atomic E-state index is 12.9. The van der Waals surface area contributed by atoms with Gasteiger partial charge in [0, 0.05) is 23.6 Å². The highest BCUT2D eigenvalue weighted by Crippen LogP contribution is 2.30. The Labute approximate surface area is 111 Å². The summed E-state index contributed by atoms with van der Waals surface area (Å²) < 4.78 is 35.1. The second-order valence-electron chi connectivity index (χ2n) is 3.86. The molecule has 0 radical (unpaired) electrons. The van der Waals surface area contributed by atoms with Crippen LogP contribution in [0.1, 0.15) is 6.42 Å². The fourth-order valence-electron chi connectivity index (χ4n) is 1.75. The van der Waals surface area contributed by atoms with Gasteiger partial charge in [0.25, 0.3) is 0 Å². The zero-order chi connectivity index (χ0) is 13.5. The summed E-state index contributed by atoms with van der Waals surface area (Å²) >= 11 is 3.17. The first-order chi connectivity index (χ1) is 8.29. The van der Waals surface area contributed by atoms with E-state index in [1.165, 1.54) is 12.3 Å². The van der Waals surface area contributed by atoms with E-state index in [0.29, 0.717) is 4.47 Å². The number of carbonyl (C=O) groups excluding carboxylic acids is 1. The van der Waals surface area contributed by atoms with E-state index in [1.54, 1.807) is 0 Å². The van der Waals surface area contributed by atoms with Crippen LogP contribution in [0.4, 0.5) is 15.4 Å². The number of hydrogen-bond acceptors (Lipinski definition) is 5. The van der Waals surface area contributed by atoms with Gasteiger partial charge in [-0.05, 0) is 22.0 Å². The highest BCUT2D eigenvalue weighted by molar-refractivity contribution is 9.10. The fraction of sp³-hybridized carbons (Fsp3) is 0.333. The van der Waals surface area contributed by atoms with Crippen LogP contribution in [0.15, 0.2) is 16.7 Å². The lowest BCUT2D eigenvalue weighted by atomic mass is 10.3. The number of halogens is 2. The van der Waals surface area contributed by atoms with E-state index >= 15 is 0 Å². The van der Waals surface area contributed by atoms with E-state index in [1.807, 2.05) is 0 Å². The Kier molecular flexibility index (Phi) is 3.28. The maximum atomic E-state index is 12.9. The van der Waals surface area contributed by atoms with Crippen LogP contribution in [0.5, 0.6) is 0 Å². The number of nitrogen functional groups attached to an aromatic ring is 1. The van der Waals surface area contributed by atoms with Gasteiger partial charge in [-0.25, -0.2) is 4.98 Å². The Morgan fingerprint density at radius 2 is 2.22 bits per heavy atom. The first kappa shape index (κ1) is 13.2. The minimum absolute atomic E-state index is 0.0865. The molecule has 0 spiro atoms. The summed E-state index contributed by atoms with van der Waals surface area (Å²) in [7, 11) is -4.73. The van der Waals surface area contributed by atoms with Gasteiger partial charge in [0.15, 0.2) is 0 Å². The number of nitrogens with two attached hydrogens (primary N) is 1. The third-order valence-corrected chi connectivity index (χ3v) is 4.19. The summed E-state index contributed by atoms with van der Waals surface area (Å²) in [4.78, 5) is 16.7. The lowest BCUT2D eigenvalue weighted by Crippen LogP contribution is -2.27. The van der Waals surface area contributed by atoms with Crippen LogP contribution >= 0.6 is 15.9 Å². The molecule has 2 heterocycles. The molecule has 1 unspecified atom stereocenters. The zero-order valence-corrected chi connectivity index (χ0v) is 11.4. The van der Waals surface area contributed by atoms with Gasteiger partial charge in [0.1, 0.15) is 11.1 Å². The van der Waals surface area contributed by atoms with Crippen molar-refractivity contribution >= 4 is 43.6 Å². The number of nitrogens with zero attached hydrogens (tertiary/aromatic N) is 2. The molecule has 1 aromatic rings. The SMILES string of the molecule is Nc1ncc(Br)cc1N1CC(S(=O)(=O)F)CC1=O. The quantitative estimate of drug-likeness (QED) is 0.807. The molecule has 1 fully saturated rings. The minimum Gasteiger partial charge on any atom is -0.382 e. The number of anilines is 2. The number of rotatable bonds is 2. The van der Waals surface area contributed by atoms with Crippen molar-refractivity contribution in [1.82, 2.24) is 4.98 Å². The molecule has 0 aromatic carbocycles. The first-order valence-corrected chi connectivity index (χ1v) is 7.18. The molecule has 0 aliphatic carbocycles. The molecule has 1 aliphatic rings. The van der Waals surface area contributed by atoms with Crippen LogP contribution in [0.25, 0.3) is 0 Å². The molecule has 18 heavy (non-hydrogen) atoms. The van der Waals surface area contributed by atoms with Gasteiger partial charge < -0.3 is 10.6 Å². The average molecular weight is 338 g/mol. The largest absolute Gasteiger partial charge is 0.382 e. The van der Waals surface area contributed by atoms with Gasteiger partial charge in [0.05, 0.1) is 5.69 Å². The summed E-state index contributed by atoms with van der Waals surface area (Å²) in [6, 6.07) is 1.54. The average Bonchev–Trinajstić information content (AvgIpc) is 2.64. The van der Waals surface area contributed by atoms with E-state index in [2.05, 4.69) is 20.9 Å². The third-order valence-electron chi connectivity index (χ3n) is 2.64. The van der Waals surface area contributed by atoms with Crippen molar-refractivity contribution in [3.05, 3.63) is 16.7 Å². The van der Waals surface area contributed by atoms with Gasteiger partial charge in [-0.2, -0.15) is 8.42 Å². The van der Waals surface area contributed by atoms with Gasteiger partial charge in [-0.1, -0.05) is 0 Å². The Morgan fingerprint density at radius 1 is 1.56 bits per heavy atom. The number of pyridine rings is 1. The van der Waals surface area contributed by atoms with E-state index in [9.17, 15) is 17.1 Å². The molecule has 1 amide bonds. The van der Waals surface area contributed by atoms with Gasteiger partial charge in [0.2, 0.25) is 5.91 Å². The summed E-state index contributed by atoms with van der Waals surface area (Å²) in [5.41, 5.74) is 5.90. The number of aromatic nitrogens is 1. The third kappa shape index (κ3) is 2.46. The molecule has 0 saturated carbocycles. The summed E-state index contributed by atoms with van der Waals surface area (Å²) in [6.45, 7) is -0.250. The topological polar surface area (TPSA) is 93.4 Å². The minimum atomic E-state index is -4.73. The number of carbonyl (C=O) groups is 1. The molecule has 0 bridgehead atoms. The first-order valence-electron chi connectivity index (χ1n) is 4.94. The van der Waals surface area contributed by atoms with Crippen LogP contribution in [-0.2, 0) is 15.0 Å². The molecular formula is C9H9BrFN3O3S. The van der Waals surface area contributed by atoms with Gasteiger partial charge in [-0.3, -0.25) is 4.79 Å². The van der Waals surface area contributed by atoms with Crippen LogP contribution in [0.3, 0.4) is 0 Å². The van der Waals surface area contributed by atoms with Crippen molar-refractivity contribution in [3.63, 3.8) is 0 Å². The summed E-state index contributed by atoms with van der Waals surface area (Å²) in [5, 5.41) is -1.34. The smallest absolute Gasteiger partial charge is 0.307 e. The van der Waals surface area contributed by atoms with Crippen molar-refractivity contribution in [2.45, 2.75) is 11.7 Å². The maximum Gasteiger partial charge on any atom is 0.307 e. The Morgan fingerprint density at radius 3 is 2.78 bits per heavy atom. The molecule has 2 rings (SSSR count). The van der Waals surface area contributed by atoms with Crippen molar-refractivity contribution in [3.8, 4) is 0 Å². The van der Waals surface area contributed by atoms with Crippen LogP contribution in [-0.4, -0.2) is 31.1 Å². The summed E-state index contributed by atoms with van der Waals surface area (Å²) in [6.07, 6.45) is 1.06. The molecule has 2 N–H and O–H groups in total. The lowest BCUT2D eigenvalue weighted by Gasteiger charge is -2.17. The van der Waals surface area contributed by atoms with E-state index in [0.717, 1.165) is 4.90 Å². The van der Waals surface area contributed by atoms with Crippen molar-refractivity contribution in [2.75, 3.05) is 17.2 Å². The van der Waals surface area contributed by atoms with Crippen molar-refractivity contribution in [2.24, 2.45) is 0 Å². The molecule has 1 aliphatic heterocycles. The van der Waals surface area contributed by atoms with Crippen molar-refractivity contribution in [1.29, 1.82) is 0 Å². The molecule has 1 atom stereocenters. The van der Waals surface area contributed by atoms with Crippen LogP contribution in [0.2, 0.25) is 0 Å². The molecule has 9 heteroatoms. The summed E-state index contributed by atoms with van der Waals surface area (Å²) in [5.74, 6) is -0.406. The van der Waals surface area contributed by atoms with Crippen LogP contribution < -0.4 is 10.6 Å². The Balaban J connectivity index is 2.35. The van der Waals surface area contributed by atoms with Crippen LogP contribution in [0, 0.1) is 0 Å². The molecular weight excluding hydrogens is 329 g/mol. The zero-order valence-electron chi connectivity index (χ0n) is 9.01. The Bertz CT molecular complexity index is 607. The van der Waals surface area contributed by atoms with E-state index < -0.39 is 21.4 Å². The Hall–Kier alpha value is -1.22. The highest BCUT2D eigenvalue weighted by atomic mass is 79.9. The molecule has 1 saturated heterocycles. The normalized spacial score (nSPS) is 20.4. The predicted octanol–water partition coefficient (Wildman–Crippen LogP) is 0.831. The number of hydrogen-bond donors (Lipinski definition) is 1. The molecule has 6 nitrogen and oxygen atoms in total. The van der Waals surface area contributed by atoms with Gasteiger partial charge in [-0.15, -0.1) is 3.89 Å². The van der Waals surface area contributed by atoms with Crippen molar-refractivity contribution < 1.29 is 17.1 Å². The fourth-order valence-corrected chi connectivity index (χ4v) is 2.74. The van der Waals surface area contributed by atoms with E-state index in [4.69, 9.17) is 5.73 Å². The second-order valence-corrected chi connectivity index (χ2v) is 6.40. The standard InChI is InChI=1S/C9H9BrFN3O3S/c10-5-1-7(9(12)13-3-5)14-4-6(2-8(14)15)18(11,16)17/h1,3,6H,2,4H2,(H2,12,13). The molecule has 98 valence electrons. The monoisotopic (exact) mass is 337 g/mol. The van der Waals surface area contributed by atoms with Gasteiger partial charge >= 0.3 is 10.2 Å². The highest BCUT2D eigenvalue weighted by Gasteiger charge is 2.39.